The van der Waals surface area contributed by atoms with E-state index in [1.807, 2.05) is 20.8 Å². The smallest absolute Gasteiger partial charge is 0.240 e. The number of carbonyl (C=O) groups excluding carboxylic acids is 1. The summed E-state index contributed by atoms with van der Waals surface area (Å²) in [6, 6.07) is 1.95. The average Bonchev–Trinajstić information content (AvgIpc) is 2.76. The molecule has 1 atom stereocenters. The van der Waals surface area contributed by atoms with E-state index in [0.29, 0.717) is 12.4 Å². The summed E-state index contributed by atoms with van der Waals surface area (Å²) in [4.78, 5) is 14.0. The number of aromatic nitrogens is 1. The molecule has 3 N–H and O–H groups in total. The second-order valence-electron chi connectivity index (χ2n) is 6.51. The zero-order valence-corrected chi connectivity index (χ0v) is 13.7. The lowest BCUT2D eigenvalue weighted by Crippen LogP contribution is -2.45. The fourth-order valence-corrected chi connectivity index (χ4v) is 2.30. The number of carbonyl (C=O) groups is 1. The van der Waals surface area contributed by atoms with Crippen molar-refractivity contribution >= 4 is 24.2 Å². The Morgan fingerprint density at radius 1 is 1.57 bits per heavy atom. The van der Waals surface area contributed by atoms with Gasteiger partial charge < -0.3 is 10.3 Å². The molecule has 0 saturated carbocycles. The molecule has 1 aliphatic rings. The number of nitrogens with one attached hydrogen (secondary N) is 1. The average molecular weight is 317 g/mol. The number of nitrogens with zero attached hydrogens (tertiary/aromatic N) is 2. The van der Waals surface area contributed by atoms with Gasteiger partial charge >= 0.3 is 0 Å². The van der Waals surface area contributed by atoms with Crippen LogP contribution in [-0.4, -0.2) is 41.6 Å². The lowest BCUT2D eigenvalue weighted by molar-refractivity contribution is -0.117. The van der Waals surface area contributed by atoms with E-state index < -0.39 is 0 Å². The van der Waals surface area contributed by atoms with E-state index in [-0.39, 0.29) is 29.8 Å². The summed E-state index contributed by atoms with van der Waals surface area (Å²) in [7, 11) is 0. The van der Waals surface area contributed by atoms with E-state index in [1.54, 1.807) is 6.07 Å². The number of piperidine rings is 1. The van der Waals surface area contributed by atoms with Crippen LogP contribution in [0.1, 0.15) is 39.3 Å². The van der Waals surface area contributed by atoms with Gasteiger partial charge in [0.15, 0.2) is 0 Å². The van der Waals surface area contributed by atoms with E-state index in [2.05, 4.69) is 15.4 Å². The van der Waals surface area contributed by atoms with Crippen LogP contribution in [0.4, 0.5) is 5.88 Å². The summed E-state index contributed by atoms with van der Waals surface area (Å²) >= 11 is 0. The SMILES string of the molecule is CC(C)(C)c1cc(NC(=O)CN2CCCC(N)C2)on1.Cl. The molecule has 21 heavy (non-hydrogen) atoms. The van der Waals surface area contributed by atoms with Gasteiger partial charge in [-0.3, -0.25) is 15.0 Å². The van der Waals surface area contributed by atoms with Crippen LogP contribution in [0.2, 0.25) is 0 Å². The first kappa shape index (κ1) is 17.9. The lowest BCUT2D eigenvalue weighted by Gasteiger charge is -2.29. The molecule has 1 aromatic heterocycles. The Morgan fingerprint density at radius 2 is 2.29 bits per heavy atom. The molecule has 120 valence electrons. The van der Waals surface area contributed by atoms with Gasteiger partial charge in [0.05, 0.1) is 12.2 Å². The summed E-state index contributed by atoms with van der Waals surface area (Å²) in [5.41, 5.74) is 6.64. The Hall–Kier alpha value is -1.11. The maximum Gasteiger partial charge on any atom is 0.240 e. The van der Waals surface area contributed by atoms with Crippen molar-refractivity contribution in [3.63, 3.8) is 0 Å². The minimum atomic E-state index is -0.0912. The molecule has 6 nitrogen and oxygen atoms in total. The number of rotatable bonds is 3. The van der Waals surface area contributed by atoms with Crippen molar-refractivity contribution in [3.05, 3.63) is 11.8 Å². The Balaban J connectivity index is 0.00000220. The van der Waals surface area contributed by atoms with Gasteiger partial charge in [0.1, 0.15) is 0 Å². The van der Waals surface area contributed by atoms with Crippen molar-refractivity contribution in [1.82, 2.24) is 10.1 Å². The predicted octanol–water partition coefficient (Wildman–Crippen LogP) is 1.76. The minimum absolute atomic E-state index is 0. The molecule has 2 heterocycles. The Kier molecular flexibility index (Phi) is 6.19. The van der Waals surface area contributed by atoms with E-state index in [1.165, 1.54) is 0 Å². The lowest BCUT2D eigenvalue weighted by atomic mass is 9.92. The van der Waals surface area contributed by atoms with Crippen molar-refractivity contribution in [2.75, 3.05) is 25.0 Å². The fraction of sp³-hybridized carbons (Fsp3) is 0.714. The monoisotopic (exact) mass is 316 g/mol. The van der Waals surface area contributed by atoms with E-state index in [9.17, 15) is 4.79 Å². The number of likely N-dealkylation sites (tertiary alicyclic amines) is 1. The second kappa shape index (κ2) is 7.24. The van der Waals surface area contributed by atoms with Crippen LogP contribution in [0.15, 0.2) is 10.6 Å². The molecule has 7 heteroatoms. The van der Waals surface area contributed by atoms with Crippen LogP contribution in [-0.2, 0) is 10.2 Å². The third kappa shape index (κ3) is 5.30. The van der Waals surface area contributed by atoms with Gasteiger partial charge in [-0.1, -0.05) is 25.9 Å². The Morgan fingerprint density at radius 3 is 2.86 bits per heavy atom. The minimum Gasteiger partial charge on any atom is -0.338 e. The molecule has 0 spiro atoms. The van der Waals surface area contributed by atoms with Crippen LogP contribution >= 0.6 is 12.4 Å². The first-order valence-corrected chi connectivity index (χ1v) is 7.09. The van der Waals surface area contributed by atoms with Crippen LogP contribution in [0, 0.1) is 0 Å². The molecule has 1 unspecified atom stereocenters. The summed E-state index contributed by atoms with van der Waals surface area (Å²) in [6.45, 7) is 8.18. The first-order chi connectivity index (χ1) is 9.34. The molecule has 1 amide bonds. The third-order valence-electron chi connectivity index (χ3n) is 3.45. The molecule has 2 rings (SSSR count). The largest absolute Gasteiger partial charge is 0.338 e. The number of hydrogen-bond donors (Lipinski definition) is 2. The molecule has 1 fully saturated rings. The zero-order valence-electron chi connectivity index (χ0n) is 12.9. The van der Waals surface area contributed by atoms with Crippen molar-refractivity contribution in [2.45, 2.75) is 45.1 Å². The predicted molar refractivity (Wildman–Crippen MR) is 84.7 cm³/mol. The number of amides is 1. The highest BCUT2D eigenvalue weighted by atomic mass is 35.5. The van der Waals surface area contributed by atoms with Gasteiger partial charge in [0.2, 0.25) is 11.8 Å². The highest BCUT2D eigenvalue weighted by Crippen LogP contribution is 2.23. The normalized spacial score (nSPS) is 19.9. The second-order valence-corrected chi connectivity index (χ2v) is 6.51. The quantitative estimate of drug-likeness (QED) is 0.887. The third-order valence-corrected chi connectivity index (χ3v) is 3.45. The van der Waals surface area contributed by atoms with Crippen molar-refractivity contribution < 1.29 is 9.32 Å². The number of halogens is 1. The summed E-state index contributed by atoms with van der Waals surface area (Å²) in [5, 5.41) is 6.72. The van der Waals surface area contributed by atoms with Crippen LogP contribution in [0.3, 0.4) is 0 Å². The molecule has 0 bridgehead atoms. The molecule has 1 aliphatic heterocycles. The topological polar surface area (TPSA) is 84.4 Å². The molecular formula is C14H25ClN4O2. The van der Waals surface area contributed by atoms with E-state index in [4.69, 9.17) is 10.3 Å². The molecule has 0 aromatic carbocycles. The summed E-state index contributed by atoms with van der Waals surface area (Å²) < 4.78 is 5.15. The molecule has 1 saturated heterocycles. The number of hydrogen-bond acceptors (Lipinski definition) is 5. The van der Waals surface area contributed by atoms with Gasteiger partial charge in [-0.2, -0.15) is 0 Å². The van der Waals surface area contributed by atoms with Crippen molar-refractivity contribution in [3.8, 4) is 0 Å². The highest BCUT2D eigenvalue weighted by Gasteiger charge is 2.21. The summed E-state index contributed by atoms with van der Waals surface area (Å²) in [6.07, 6.45) is 2.08. The van der Waals surface area contributed by atoms with Gasteiger partial charge in [-0.25, -0.2) is 0 Å². The number of anilines is 1. The van der Waals surface area contributed by atoms with E-state index >= 15 is 0 Å². The van der Waals surface area contributed by atoms with E-state index in [0.717, 1.165) is 31.6 Å². The zero-order chi connectivity index (χ0) is 14.8. The Labute approximate surface area is 131 Å². The standard InChI is InChI=1S/C14H24N4O2.ClH/c1-14(2,3)11-7-13(20-17-11)16-12(19)9-18-6-4-5-10(15)8-18;/h7,10H,4-6,8-9,15H2,1-3H3,(H,16,19);1H. The maximum atomic E-state index is 12.0. The van der Waals surface area contributed by atoms with Gasteiger partial charge in [0, 0.05) is 24.1 Å². The van der Waals surface area contributed by atoms with Crippen LogP contribution < -0.4 is 11.1 Å². The first-order valence-electron chi connectivity index (χ1n) is 7.09. The number of nitrogens with two attached hydrogens (primary N) is 1. The Bertz CT molecular complexity index is 470. The summed E-state index contributed by atoms with van der Waals surface area (Å²) in [5.74, 6) is 0.317. The molecule has 0 radical (unpaired) electrons. The molecular weight excluding hydrogens is 292 g/mol. The van der Waals surface area contributed by atoms with Gasteiger partial charge in [0.25, 0.3) is 0 Å². The van der Waals surface area contributed by atoms with Gasteiger partial charge in [-0.05, 0) is 19.4 Å². The van der Waals surface area contributed by atoms with Crippen LogP contribution in [0.5, 0.6) is 0 Å². The molecule has 1 aromatic rings. The van der Waals surface area contributed by atoms with Crippen molar-refractivity contribution in [1.29, 1.82) is 0 Å². The highest BCUT2D eigenvalue weighted by molar-refractivity contribution is 5.91. The van der Waals surface area contributed by atoms with Crippen molar-refractivity contribution in [2.24, 2.45) is 5.73 Å². The fourth-order valence-electron chi connectivity index (χ4n) is 2.30. The maximum absolute atomic E-state index is 12.0. The molecule has 0 aliphatic carbocycles. The van der Waals surface area contributed by atoms with Gasteiger partial charge in [-0.15, -0.1) is 12.4 Å². The van der Waals surface area contributed by atoms with Crippen LogP contribution in [0.25, 0.3) is 0 Å².